The number of hydrogen-bond donors (Lipinski definition) is 1. The molecule has 0 bridgehead atoms. The Morgan fingerprint density at radius 3 is 2.70 bits per heavy atom. The SMILES string of the molecule is O=C(NCc1ccccc1OC(F)F)N(Cc1ccco1)Cc1cccs1. The van der Waals surface area contributed by atoms with Gasteiger partial charge in [-0.25, -0.2) is 4.79 Å². The number of urea groups is 1. The quantitative estimate of drug-likeness (QED) is 0.596. The zero-order chi connectivity index (χ0) is 19.1. The maximum Gasteiger partial charge on any atom is 0.387 e. The average molecular weight is 392 g/mol. The summed E-state index contributed by atoms with van der Waals surface area (Å²) in [5, 5.41) is 4.70. The predicted molar refractivity (Wildman–Crippen MR) is 97.6 cm³/mol. The van der Waals surface area contributed by atoms with Gasteiger partial charge >= 0.3 is 12.6 Å². The Morgan fingerprint density at radius 2 is 2.00 bits per heavy atom. The molecule has 1 N–H and O–H groups in total. The van der Waals surface area contributed by atoms with Gasteiger partial charge in [0, 0.05) is 17.0 Å². The summed E-state index contributed by atoms with van der Waals surface area (Å²) in [4.78, 5) is 15.3. The highest BCUT2D eigenvalue weighted by atomic mass is 32.1. The molecule has 142 valence electrons. The third kappa shape index (κ3) is 5.55. The summed E-state index contributed by atoms with van der Waals surface area (Å²) in [5.41, 5.74) is 0.472. The van der Waals surface area contributed by atoms with Gasteiger partial charge in [0.2, 0.25) is 0 Å². The van der Waals surface area contributed by atoms with E-state index in [1.54, 1.807) is 52.8 Å². The van der Waals surface area contributed by atoms with Crippen LogP contribution < -0.4 is 10.1 Å². The number of furan rings is 1. The number of hydrogen-bond acceptors (Lipinski definition) is 4. The summed E-state index contributed by atoms with van der Waals surface area (Å²) in [7, 11) is 0. The number of carbonyl (C=O) groups excluding carboxylic acids is 1. The minimum atomic E-state index is -2.92. The van der Waals surface area contributed by atoms with Crippen molar-refractivity contribution in [3.63, 3.8) is 0 Å². The van der Waals surface area contributed by atoms with E-state index in [9.17, 15) is 13.6 Å². The second-order valence-corrected chi connectivity index (χ2v) is 6.69. The monoisotopic (exact) mass is 392 g/mol. The molecule has 0 spiro atoms. The molecule has 0 unspecified atom stereocenters. The molecular formula is C19H18F2N2O3S. The zero-order valence-electron chi connectivity index (χ0n) is 14.3. The number of rotatable bonds is 8. The Bertz CT molecular complexity index is 802. The molecule has 0 aliphatic heterocycles. The molecule has 0 aliphatic rings. The molecule has 3 rings (SSSR count). The molecule has 0 atom stereocenters. The topological polar surface area (TPSA) is 54.7 Å². The predicted octanol–water partition coefficient (Wildman–Crippen LogP) is 4.85. The van der Waals surface area contributed by atoms with Crippen LogP contribution in [0.3, 0.4) is 0 Å². The van der Waals surface area contributed by atoms with Gasteiger partial charge in [-0.05, 0) is 29.6 Å². The van der Waals surface area contributed by atoms with Crippen LogP contribution in [0, 0.1) is 0 Å². The number of alkyl halides is 2. The van der Waals surface area contributed by atoms with Gasteiger partial charge in [0.05, 0.1) is 19.4 Å². The molecule has 8 heteroatoms. The number of benzene rings is 1. The van der Waals surface area contributed by atoms with Crippen molar-refractivity contribution in [2.45, 2.75) is 26.2 Å². The van der Waals surface area contributed by atoms with Gasteiger partial charge in [0.15, 0.2) is 0 Å². The molecule has 5 nitrogen and oxygen atoms in total. The number of amides is 2. The molecule has 0 aliphatic carbocycles. The number of carbonyl (C=O) groups is 1. The molecule has 2 heterocycles. The number of nitrogens with one attached hydrogen (secondary N) is 1. The summed E-state index contributed by atoms with van der Waals surface area (Å²) in [6, 6.07) is 13.5. The van der Waals surface area contributed by atoms with E-state index in [0.29, 0.717) is 24.4 Å². The smallest absolute Gasteiger partial charge is 0.387 e. The Balaban J connectivity index is 1.67. The van der Waals surface area contributed by atoms with Gasteiger partial charge < -0.3 is 19.4 Å². The minimum Gasteiger partial charge on any atom is -0.467 e. The number of halogens is 2. The number of thiophene rings is 1. The van der Waals surface area contributed by atoms with Crippen LogP contribution in [0.15, 0.2) is 64.6 Å². The van der Waals surface area contributed by atoms with Crippen LogP contribution in [0.25, 0.3) is 0 Å². The fourth-order valence-corrected chi connectivity index (χ4v) is 3.24. The maximum absolute atomic E-state index is 12.7. The van der Waals surface area contributed by atoms with Gasteiger partial charge in [-0.15, -0.1) is 11.3 Å². The fourth-order valence-electron chi connectivity index (χ4n) is 2.52. The van der Waals surface area contributed by atoms with Crippen molar-refractivity contribution in [3.05, 3.63) is 76.4 Å². The average Bonchev–Trinajstić information content (AvgIpc) is 3.34. The number of nitrogens with zero attached hydrogens (tertiary/aromatic N) is 1. The number of para-hydroxylation sites is 1. The lowest BCUT2D eigenvalue weighted by molar-refractivity contribution is -0.0504. The van der Waals surface area contributed by atoms with E-state index < -0.39 is 6.61 Å². The van der Waals surface area contributed by atoms with Gasteiger partial charge in [0.1, 0.15) is 11.5 Å². The summed E-state index contributed by atoms with van der Waals surface area (Å²) < 4.78 is 34.9. The maximum atomic E-state index is 12.7. The van der Waals surface area contributed by atoms with E-state index in [1.165, 1.54) is 6.07 Å². The highest BCUT2D eigenvalue weighted by molar-refractivity contribution is 7.09. The molecule has 27 heavy (non-hydrogen) atoms. The van der Waals surface area contributed by atoms with Gasteiger partial charge in [0.25, 0.3) is 0 Å². The summed E-state index contributed by atoms with van der Waals surface area (Å²) in [6.07, 6.45) is 1.55. The lowest BCUT2D eigenvalue weighted by Crippen LogP contribution is -2.38. The lowest BCUT2D eigenvalue weighted by atomic mass is 10.2. The van der Waals surface area contributed by atoms with Gasteiger partial charge in [-0.1, -0.05) is 24.3 Å². The van der Waals surface area contributed by atoms with E-state index in [1.807, 2.05) is 17.5 Å². The first-order valence-electron chi connectivity index (χ1n) is 8.22. The molecule has 1 aromatic carbocycles. The van der Waals surface area contributed by atoms with Crippen molar-refractivity contribution in [1.29, 1.82) is 0 Å². The summed E-state index contributed by atoms with van der Waals surface area (Å²) in [6.45, 7) is -2.14. The first-order valence-corrected chi connectivity index (χ1v) is 9.10. The summed E-state index contributed by atoms with van der Waals surface area (Å²) >= 11 is 1.55. The minimum absolute atomic E-state index is 0.0450. The van der Waals surface area contributed by atoms with Crippen molar-refractivity contribution < 1.29 is 22.7 Å². The van der Waals surface area contributed by atoms with Crippen molar-refractivity contribution in [1.82, 2.24) is 10.2 Å². The zero-order valence-corrected chi connectivity index (χ0v) is 15.1. The first kappa shape index (κ1) is 18.9. The van der Waals surface area contributed by atoms with Crippen LogP contribution in [0.4, 0.5) is 13.6 Å². The van der Waals surface area contributed by atoms with Crippen LogP contribution >= 0.6 is 11.3 Å². The Labute approximate surface area is 159 Å². The van der Waals surface area contributed by atoms with Crippen molar-refractivity contribution >= 4 is 17.4 Å². The lowest BCUT2D eigenvalue weighted by Gasteiger charge is -2.22. The van der Waals surface area contributed by atoms with E-state index in [2.05, 4.69) is 10.1 Å². The van der Waals surface area contributed by atoms with Gasteiger partial charge in [-0.3, -0.25) is 0 Å². The van der Waals surface area contributed by atoms with E-state index in [4.69, 9.17) is 4.42 Å². The third-order valence-corrected chi connectivity index (χ3v) is 4.62. The van der Waals surface area contributed by atoms with E-state index in [-0.39, 0.29) is 18.3 Å². The van der Waals surface area contributed by atoms with Crippen molar-refractivity contribution in [3.8, 4) is 5.75 Å². The first-order chi connectivity index (χ1) is 13.1. The number of ether oxygens (including phenoxy) is 1. The largest absolute Gasteiger partial charge is 0.467 e. The second-order valence-electron chi connectivity index (χ2n) is 5.66. The molecule has 3 aromatic rings. The van der Waals surface area contributed by atoms with Crippen LogP contribution in [-0.2, 0) is 19.6 Å². The van der Waals surface area contributed by atoms with Crippen molar-refractivity contribution in [2.75, 3.05) is 0 Å². The summed E-state index contributed by atoms with van der Waals surface area (Å²) in [5.74, 6) is 0.701. The molecular weight excluding hydrogens is 374 g/mol. The van der Waals surface area contributed by atoms with E-state index >= 15 is 0 Å². The van der Waals surface area contributed by atoms with E-state index in [0.717, 1.165) is 4.88 Å². The van der Waals surface area contributed by atoms with Crippen LogP contribution in [0.2, 0.25) is 0 Å². The normalized spacial score (nSPS) is 10.8. The van der Waals surface area contributed by atoms with Crippen LogP contribution in [0.1, 0.15) is 16.2 Å². The molecule has 0 saturated heterocycles. The van der Waals surface area contributed by atoms with Crippen molar-refractivity contribution in [2.24, 2.45) is 0 Å². The molecule has 2 aromatic heterocycles. The van der Waals surface area contributed by atoms with Gasteiger partial charge in [-0.2, -0.15) is 8.78 Å². The molecule has 0 radical (unpaired) electrons. The highest BCUT2D eigenvalue weighted by Gasteiger charge is 2.17. The molecule has 0 fully saturated rings. The van der Waals surface area contributed by atoms with Crippen LogP contribution in [0.5, 0.6) is 5.75 Å². The van der Waals surface area contributed by atoms with Crippen LogP contribution in [-0.4, -0.2) is 17.5 Å². The molecule has 2 amide bonds. The second kappa shape index (κ2) is 9.18. The Hall–Kier alpha value is -2.87. The Morgan fingerprint density at radius 1 is 1.15 bits per heavy atom. The third-order valence-electron chi connectivity index (χ3n) is 3.76. The standard InChI is InChI=1S/C19H18F2N2O3S/c20-18(21)26-17-8-2-1-5-14(17)11-22-19(24)23(12-15-6-3-9-25-15)13-16-7-4-10-27-16/h1-10,18H,11-13H2,(H,22,24). The highest BCUT2D eigenvalue weighted by Crippen LogP contribution is 2.20. The fraction of sp³-hybridized carbons (Fsp3) is 0.211. The Kier molecular flexibility index (Phi) is 6.43. The molecule has 0 saturated carbocycles.